The summed E-state index contributed by atoms with van der Waals surface area (Å²) in [4.78, 5) is 8.57. The zero-order valence-corrected chi connectivity index (χ0v) is 12.8. The molecule has 0 amide bonds. The van der Waals surface area contributed by atoms with E-state index in [1.54, 1.807) is 23.9 Å². The summed E-state index contributed by atoms with van der Waals surface area (Å²) in [5.41, 5.74) is 8.09. The Balaban J connectivity index is 2.29. The number of ether oxygens (including phenoxy) is 1. The molecule has 0 atom stereocenters. The third-order valence-corrected chi connectivity index (χ3v) is 3.50. The highest BCUT2D eigenvalue weighted by molar-refractivity contribution is 9.10. The number of methoxy groups -OCH3 is 1. The molecule has 0 aliphatic rings. The molecular formula is C13H10BrClN4O. The third-order valence-electron chi connectivity index (χ3n) is 2.84. The summed E-state index contributed by atoms with van der Waals surface area (Å²) in [6, 6.07) is 7.36. The number of aromatic nitrogens is 3. The first-order valence-electron chi connectivity index (χ1n) is 5.73. The minimum absolute atomic E-state index is 0.343. The van der Waals surface area contributed by atoms with E-state index in [-0.39, 0.29) is 0 Å². The maximum atomic E-state index is 5.99. The molecule has 0 radical (unpaired) electrons. The van der Waals surface area contributed by atoms with Crippen LogP contribution in [0.5, 0.6) is 5.75 Å². The fraction of sp³-hybridized carbons (Fsp3) is 0.0769. The number of hydrogen-bond donors (Lipinski definition) is 1. The van der Waals surface area contributed by atoms with E-state index in [4.69, 9.17) is 22.1 Å². The molecule has 3 rings (SSSR count). The Hall–Kier alpha value is -1.79. The van der Waals surface area contributed by atoms with Crippen molar-refractivity contribution in [2.24, 2.45) is 0 Å². The van der Waals surface area contributed by atoms with E-state index in [0.29, 0.717) is 27.9 Å². The van der Waals surface area contributed by atoms with Crippen LogP contribution in [0.15, 0.2) is 34.9 Å². The lowest BCUT2D eigenvalue weighted by Gasteiger charge is -2.09. The van der Waals surface area contributed by atoms with Crippen LogP contribution in [0.4, 0.5) is 5.95 Å². The topological polar surface area (TPSA) is 66.0 Å². The molecule has 0 aliphatic heterocycles. The van der Waals surface area contributed by atoms with Gasteiger partial charge in [-0.3, -0.25) is 4.57 Å². The van der Waals surface area contributed by atoms with Gasteiger partial charge in [-0.1, -0.05) is 27.5 Å². The number of hydrogen-bond acceptors (Lipinski definition) is 4. The van der Waals surface area contributed by atoms with Crippen LogP contribution < -0.4 is 10.5 Å². The summed E-state index contributed by atoms with van der Waals surface area (Å²) in [6.45, 7) is 0. The highest BCUT2D eigenvalue weighted by atomic mass is 79.9. The van der Waals surface area contributed by atoms with Crippen molar-refractivity contribution in [1.29, 1.82) is 0 Å². The number of fused-ring (bicyclic) bond motifs is 1. The Bertz CT molecular complexity index is 802. The smallest absolute Gasteiger partial charge is 0.207 e. The summed E-state index contributed by atoms with van der Waals surface area (Å²) in [6.07, 6.45) is 1.57. The number of nitrogen functional groups attached to an aromatic ring is 1. The molecule has 3 aromatic rings. The van der Waals surface area contributed by atoms with Gasteiger partial charge in [-0.2, -0.15) is 0 Å². The minimum atomic E-state index is 0.343. The number of anilines is 1. The Morgan fingerprint density at radius 3 is 2.85 bits per heavy atom. The van der Waals surface area contributed by atoms with Gasteiger partial charge in [-0.25, -0.2) is 9.97 Å². The minimum Gasteiger partial charge on any atom is -0.497 e. The fourth-order valence-electron chi connectivity index (χ4n) is 2.01. The molecule has 102 valence electrons. The summed E-state index contributed by atoms with van der Waals surface area (Å²) >= 11 is 9.36. The van der Waals surface area contributed by atoms with Gasteiger partial charge in [-0.15, -0.1) is 0 Å². The summed E-state index contributed by atoms with van der Waals surface area (Å²) < 4.78 is 7.88. The van der Waals surface area contributed by atoms with E-state index in [1.165, 1.54) is 0 Å². The van der Waals surface area contributed by atoms with Gasteiger partial charge in [0, 0.05) is 16.7 Å². The Morgan fingerprint density at radius 1 is 1.30 bits per heavy atom. The normalized spacial score (nSPS) is 10.9. The Morgan fingerprint density at radius 2 is 2.10 bits per heavy atom. The molecule has 0 fully saturated rings. The van der Waals surface area contributed by atoms with Crippen LogP contribution in [0.2, 0.25) is 5.02 Å². The summed E-state index contributed by atoms with van der Waals surface area (Å²) in [5.74, 6) is 1.06. The monoisotopic (exact) mass is 352 g/mol. The highest BCUT2D eigenvalue weighted by Gasteiger charge is 2.13. The first-order chi connectivity index (χ1) is 9.58. The van der Waals surface area contributed by atoms with Crippen molar-refractivity contribution < 1.29 is 4.74 Å². The summed E-state index contributed by atoms with van der Waals surface area (Å²) in [7, 11) is 1.61. The second-order valence-corrected chi connectivity index (χ2v) is 5.50. The van der Waals surface area contributed by atoms with E-state index < -0.39 is 0 Å². The van der Waals surface area contributed by atoms with Gasteiger partial charge in [0.25, 0.3) is 0 Å². The highest BCUT2D eigenvalue weighted by Crippen LogP contribution is 2.28. The van der Waals surface area contributed by atoms with Gasteiger partial charge in [-0.05, 0) is 18.2 Å². The first kappa shape index (κ1) is 13.2. The first-order valence-corrected chi connectivity index (χ1v) is 6.90. The van der Waals surface area contributed by atoms with E-state index in [0.717, 1.165) is 10.2 Å². The number of benzene rings is 1. The fourth-order valence-corrected chi connectivity index (χ4v) is 2.62. The van der Waals surface area contributed by atoms with Gasteiger partial charge in [0.15, 0.2) is 5.65 Å². The average Bonchev–Trinajstić information content (AvgIpc) is 2.72. The number of nitrogens with zero attached hydrogens (tertiary/aromatic N) is 3. The largest absolute Gasteiger partial charge is 0.497 e. The van der Waals surface area contributed by atoms with E-state index >= 15 is 0 Å². The van der Waals surface area contributed by atoms with Gasteiger partial charge in [0.05, 0.1) is 17.8 Å². The van der Waals surface area contributed by atoms with Crippen LogP contribution >= 0.6 is 27.5 Å². The maximum Gasteiger partial charge on any atom is 0.207 e. The Kier molecular flexibility index (Phi) is 3.27. The zero-order valence-electron chi connectivity index (χ0n) is 10.5. The van der Waals surface area contributed by atoms with Crippen LogP contribution in [0.25, 0.3) is 16.9 Å². The number of imidazole rings is 1. The van der Waals surface area contributed by atoms with Crippen LogP contribution in [0.3, 0.4) is 0 Å². The quantitative estimate of drug-likeness (QED) is 0.766. The van der Waals surface area contributed by atoms with Gasteiger partial charge < -0.3 is 10.5 Å². The van der Waals surface area contributed by atoms with Crippen LogP contribution in [-0.2, 0) is 0 Å². The van der Waals surface area contributed by atoms with Gasteiger partial charge >= 0.3 is 0 Å². The lowest BCUT2D eigenvalue weighted by Crippen LogP contribution is -2.02. The zero-order chi connectivity index (χ0) is 14.3. The van der Waals surface area contributed by atoms with Crippen molar-refractivity contribution in [3.8, 4) is 11.4 Å². The van der Waals surface area contributed by atoms with Crippen molar-refractivity contribution in [1.82, 2.24) is 14.5 Å². The predicted octanol–water partition coefficient (Wildman–Crippen LogP) is 3.43. The number of pyridine rings is 1. The van der Waals surface area contributed by atoms with Crippen molar-refractivity contribution in [2.45, 2.75) is 0 Å². The molecule has 2 heterocycles. The molecule has 20 heavy (non-hydrogen) atoms. The van der Waals surface area contributed by atoms with Crippen molar-refractivity contribution in [2.75, 3.05) is 12.8 Å². The predicted molar refractivity (Wildman–Crippen MR) is 82.5 cm³/mol. The maximum absolute atomic E-state index is 5.99. The molecule has 0 saturated heterocycles. The molecule has 0 saturated carbocycles. The van der Waals surface area contributed by atoms with Crippen LogP contribution in [-0.4, -0.2) is 21.6 Å². The van der Waals surface area contributed by atoms with E-state index in [9.17, 15) is 0 Å². The molecule has 7 heteroatoms. The molecule has 2 aromatic heterocycles. The second-order valence-electron chi connectivity index (χ2n) is 4.15. The summed E-state index contributed by atoms with van der Waals surface area (Å²) in [5, 5.41) is 0.522. The van der Waals surface area contributed by atoms with Crippen molar-refractivity contribution in [3.05, 3.63) is 40.0 Å². The van der Waals surface area contributed by atoms with Gasteiger partial charge in [0.1, 0.15) is 11.3 Å². The standard InChI is InChI=1S/C13H10BrClN4O/c1-20-10-3-7(14)2-9(5-10)19-12-11(18-13(19)16)4-8(15)6-17-12/h2-6H,1H3,(H2,16,18). The lowest BCUT2D eigenvalue weighted by molar-refractivity contribution is 0.414. The average molecular weight is 354 g/mol. The van der Waals surface area contributed by atoms with Crippen LogP contribution in [0, 0.1) is 0 Å². The Labute approximate surface area is 128 Å². The number of rotatable bonds is 2. The molecular weight excluding hydrogens is 344 g/mol. The van der Waals surface area contributed by atoms with Crippen LogP contribution in [0.1, 0.15) is 0 Å². The number of nitrogens with two attached hydrogens (primary N) is 1. The van der Waals surface area contributed by atoms with Crippen molar-refractivity contribution in [3.63, 3.8) is 0 Å². The number of halogens is 2. The molecule has 1 aromatic carbocycles. The SMILES string of the molecule is COc1cc(Br)cc(-n2c(N)nc3cc(Cl)cnc32)c1. The molecule has 0 bridgehead atoms. The molecule has 0 aliphatic carbocycles. The third kappa shape index (κ3) is 2.21. The lowest BCUT2D eigenvalue weighted by atomic mass is 10.3. The molecule has 0 unspecified atom stereocenters. The van der Waals surface area contributed by atoms with E-state index in [1.807, 2.05) is 18.2 Å². The molecule has 5 nitrogen and oxygen atoms in total. The van der Waals surface area contributed by atoms with Crippen molar-refractivity contribution >= 4 is 44.6 Å². The van der Waals surface area contributed by atoms with E-state index in [2.05, 4.69) is 25.9 Å². The molecule has 0 spiro atoms. The van der Waals surface area contributed by atoms with Gasteiger partial charge in [0.2, 0.25) is 5.95 Å². The molecule has 2 N–H and O–H groups in total. The second kappa shape index (κ2) is 4.96.